The second-order valence-corrected chi connectivity index (χ2v) is 5.47. The van der Waals surface area contributed by atoms with E-state index in [2.05, 4.69) is 5.32 Å². The lowest BCUT2D eigenvalue weighted by molar-refractivity contribution is 0.0696. The topological polar surface area (TPSA) is 69.6 Å². The summed E-state index contributed by atoms with van der Waals surface area (Å²) >= 11 is 0. The molecule has 0 unspecified atom stereocenters. The Hall–Kier alpha value is -1.39. The van der Waals surface area contributed by atoms with Gasteiger partial charge >= 0.3 is 5.97 Å². The highest BCUT2D eigenvalue weighted by Crippen LogP contribution is 2.36. The summed E-state index contributed by atoms with van der Waals surface area (Å²) in [7, 11) is 0. The van der Waals surface area contributed by atoms with E-state index in [0.717, 1.165) is 24.9 Å². The zero-order valence-corrected chi connectivity index (χ0v) is 11.1. The first-order valence-electron chi connectivity index (χ1n) is 6.79. The molecule has 0 spiro atoms. The fourth-order valence-corrected chi connectivity index (χ4v) is 2.80. The van der Waals surface area contributed by atoms with Gasteiger partial charge in [-0.2, -0.15) is 0 Å². The molecule has 0 saturated heterocycles. The van der Waals surface area contributed by atoms with Crippen LogP contribution in [0.4, 0.5) is 0 Å². The Balaban J connectivity index is 1.88. The van der Waals surface area contributed by atoms with Crippen LogP contribution in [0.2, 0.25) is 0 Å². The summed E-state index contributed by atoms with van der Waals surface area (Å²) in [5.41, 5.74) is 1.31. The second-order valence-electron chi connectivity index (χ2n) is 5.47. The summed E-state index contributed by atoms with van der Waals surface area (Å²) in [4.78, 5) is 10.9. The van der Waals surface area contributed by atoms with Crippen LogP contribution in [0.3, 0.4) is 0 Å². The van der Waals surface area contributed by atoms with Gasteiger partial charge in [0.2, 0.25) is 0 Å². The molecular formula is C15H21NO3. The van der Waals surface area contributed by atoms with Crippen molar-refractivity contribution in [3.05, 3.63) is 35.4 Å². The molecule has 0 amide bonds. The number of benzene rings is 1. The van der Waals surface area contributed by atoms with E-state index < -0.39 is 5.97 Å². The van der Waals surface area contributed by atoms with Gasteiger partial charge in [-0.25, -0.2) is 4.79 Å². The summed E-state index contributed by atoms with van der Waals surface area (Å²) in [6.45, 7) is 1.67. The summed E-state index contributed by atoms with van der Waals surface area (Å²) in [5, 5.41) is 21.8. The largest absolute Gasteiger partial charge is 0.478 e. The fourth-order valence-electron chi connectivity index (χ4n) is 2.80. The number of aromatic carboxylic acids is 1. The highest BCUT2D eigenvalue weighted by Gasteiger charge is 2.32. The van der Waals surface area contributed by atoms with Crippen LogP contribution in [0.1, 0.15) is 41.6 Å². The van der Waals surface area contributed by atoms with Crippen molar-refractivity contribution in [2.45, 2.75) is 32.2 Å². The van der Waals surface area contributed by atoms with Gasteiger partial charge in [0.1, 0.15) is 0 Å². The Morgan fingerprint density at radius 1 is 1.32 bits per heavy atom. The van der Waals surface area contributed by atoms with E-state index in [9.17, 15) is 9.90 Å². The van der Waals surface area contributed by atoms with E-state index in [1.807, 2.05) is 6.07 Å². The van der Waals surface area contributed by atoms with Crippen LogP contribution in [0.25, 0.3) is 0 Å². The van der Waals surface area contributed by atoms with Crippen molar-refractivity contribution < 1.29 is 15.0 Å². The second kappa shape index (κ2) is 6.17. The standard InChI is InChI=1S/C15H21NO3/c17-11-15(6-1-2-7-15)10-16-9-12-4-3-5-13(8-12)14(18)19/h3-5,8,16-17H,1-2,6-7,9-11H2,(H,18,19). The normalized spacial score (nSPS) is 17.5. The van der Waals surface area contributed by atoms with E-state index >= 15 is 0 Å². The molecule has 1 fully saturated rings. The van der Waals surface area contributed by atoms with Crippen molar-refractivity contribution in [3.8, 4) is 0 Å². The quantitative estimate of drug-likeness (QED) is 0.734. The smallest absolute Gasteiger partial charge is 0.335 e. The lowest BCUT2D eigenvalue weighted by Gasteiger charge is -2.26. The third-order valence-corrected chi connectivity index (χ3v) is 4.00. The van der Waals surface area contributed by atoms with Gasteiger partial charge in [-0.1, -0.05) is 25.0 Å². The summed E-state index contributed by atoms with van der Waals surface area (Å²) in [5.74, 6) is -0.899. The number of hydrogen-bond donors (Lipinski definition) is 3. The molecule has 1 aliphatic rings. The van der Waals surface area contributed by atoms with Crippen LogP contribution in [0.5, 0.6) is 0 Å². The number of rotatable bonds is 6. The van der Waals surface area contributed by atoms with Crippen LogP contribution in [-0.2, 0) is 6.54 Å². The number of hydrogen-bond acceptors (Lipinski definition) is 3. The average Bonchev–Trinajstić information content (AvgIpc) is 2.88. The number of nitrogens with one attached hydrogen (secondary N) is 1. The molecule has 1 saturated carbocycles. The van der Waals surface area contributed by atoms with Gasteiger partial charge in [-0.3, -0.25) is 0 Å². The van der Waals surface area contributed by atoms with E-state index in [1.54, 1.807) is 18.2 Å². The van der Waals surface area contributed by atoms with Crippen molar-refractivity contribution in [1.82, 2.24) is 5.32 Å². The van der Waals surface area contributed by atoms with Gasteiger partial charge in [0.15, 0.2) is 0 Å². The minimum Gasteiger partial charge on any atom is -0.478 e. The molecule has 0 bridgehead atoms. The monoisotopic (exact) mass is 263 g/mol. The summed E-state index contributed by atoms with van der Waals surface area (Å²) in [6.07, 6.45) is 4.53. The molecule has 0 aromatic heterocycles. The first-order chi connectivity index (χ1) is 9.15. The number of aliphatic hydroxyl groups excluding tert-OH is 1. The molecule has 0 heterocycles. The highest BCUT2D eigenvalue weighted by atomic mass is 16.4. The molecule has 19 heavy (non-hydrogen) atoms. The molecule has 1 aromatic rings. The third kappa shape index (κ3) is 3.55. The van der Waals surface area contributed by atoms with Crippen molar-refractivity contribution in [1.29, 1.82) is 0 Å². The summed E-state index contributed by atoms with van der Waals surface area (Å²) in [6, 6.07) is 6.96. The van der Waals surface area contributed by atoms with Crippen molar-refractivity contribution >= 4 is 5.97 Å². The molecular weight excluding hydrogens is 242 g/mol. The lowest BCUT2D eigenvalue weighted by Crippen LogP contribution is -2.34. The van der Waals surface area contributed by atoms with Gasteiger partial charge in [0.25, 0.3) is 0 Å². The highest BCUT2D eigenvalue weighted by molar-refractivity contribution is 5.87. The minimum absolute atomic E-state index is 0.0322. The van der Waals surface area contributed by atoms with Gasteiger partial charge in [-0.15, -0.1) is 0 Å². The minimum atomic E-state index is -0.899. The SMILES string of the molecule is O=C(O)c1cccc(CNCC2(CO)CCCC2)c1. The van der Waals surface area contributed by atoms with E-state index in [4.69, 9.17) is 5.11 Å². The predicted molar refractivity (Wildman–Crippen MR) is 73.1 cm³/mol. The number of carboxylic acids is 1. The maximum Gasteiger partial charge on any atom is 0.335 e. The van der Waals surface area contributed by atoms with E-state index in [1.165, 1.54) is 12.8 Å². The van der Waals surface area contributed by atoms with Crippen LogP contribution in [-0.4, -0.2) is 29.3 Å². The van der Waals surface area contributed by atoms with Crippen LogP contribution in [0, 0.1) is 5.41 Å². The maximum absolute atomic E-state index is 10.9. The molecule has 0 radical (unpaired) electrons. The lowest BCUT2D eigenvalue weighted by atomic mass is 9.87. The molecule has 1 aromatic carbocycles. The predicted octanol–water partition coefficient (Wildman–Crippen LogP) is 2.03. The Morgan fingerprint density at radius 3 is 2.68 bits per heavy atom. The fraction of sp³-hybridized carbons (Fsp3) is 0.533. The Labute approximate surface area is 113 Å². The van der Waals surface area contributed by atoms with Crippen LogP contribution in [0.15, 0.2) is 24.3 Å². The van der Waals surface area contributed by atoms with Gasteiger partial charge < -0.3 is 15.5 Å². The first kappa shape index (κ1) is 14.0. The van der Waals surface area contributed by atoms with E-state index in [-0.39, 0.29) is 12.0 Å². The maximum atomic E-state index is 10.9. The first-order valence-corrected chi connectivity index (χ1v) is 6.79. The molecule has 0 atom stereocenters. The average molecular weight is 263 g/mol. The van der Waals surface area contributed by atoms with Gasteiger partial charge in [-0.05, 0) is 30.5 Å². The zero-order chi connectivity index (χ0) is 13.7. The number of carboxylic acid groups (broad SMARTS) is 1. The molecule has 104 valence electrons. The third-order valence-electron chi connectivity index (χ3n) is 4.00. The van der Waals surface area contributed by atoms with Crippen LogP contribution >= 0.6 is 0 Å². The van der Waals surface area contributed by atoms with Gasteiger partial charge in [0.05, 0.1) is 5.56 Å². The Kier molecular flexibility index (Phi) is 4.56. The Bertz CT molecular complexity index is 439. The van der Waals surface area contributed by atoms with Gasteiger partial charge in [0, 0.05) is 25.1 Å². The molecule has 1 aliphatic carbocycles. The Morgan fingerprint density at radius 2 is 2.05 bits per heavy atom. The zero-order valence-electron chi connectivity index (χ0n) is 11.1. The number of carbonyl (C=O) groups is 1. The molecule has 3 N–H and O–H groups in total. The summed E-state index contributed by atoms with van der Waals surface area (Å²) < 4.78 is 0. The molecule has 4 nitrogen and oxygen atoms in total. The number of aliphatic hydroxyl groups is 1. The van der Waals surface area contributed by atoms with Crippen molar-refractivity contribution in [3.63, 3.8) is 0 Å². The van der Waals surface area contributed by atoms with E-state index in [0.29, 0.717) is 12.1 Å². The van der Waals surface area contributed by atoms with Crippen LogP contribution < -0.4 is 5.32 Å². The van der Waals surface area contributed by atoms with Crippen molar-refractivity contribution in [2.24, 2.45) is 5.41 Å². The molecule has 2 rings (SSSR count). The van der Waals surface area contributed by atoms with Crippen molar-refractivity contribution in [2.75, 3.05) is 13.2 Å². The molecule has 0 aliphatic heterocycles. The molecule has 4 heteroatoms.